The minimum atomic E-state index is 0.646. The lowest BCUT2D eigenvalue weighted by Crippen LogP contribution is -2.18. The van der Waals surface area contributed by atoms with Gasteiger partial charge in [0.25, 0.3) is 0 Å². The fourth-order valence-corrected chi connectivity index (χ4v) is 2.01. The van der Waals surface area contributed by atoms with Gasteiger partial charge in [0.1, 0.15) is 0 Å². The zero-order valence-electron chi connectivity index (χ0n) is 11.8. The lowest BCUT2D eigenvalue weighted by atomic mass is 9.97. The van der Waals surface area contributed by atoms with Crippen molar-refractivity contribution in [3.63, 3.8) is 0 Å². The molecule has 0 radical (unpaired) electrons. The Balaban J connectivity index is 2.46. The molecule has 0 spiro atoms. The predicted octanol–water partition coefficient (Wildman–Crippen LogP) is 3.94. The first-order chi connectivity index (χ1) is 8.67. The average molecular weight is 244 g/mol. The normalized spacial score (nSPS) is 12.4. The van der Waals surface area contributed by atoms with E-state index < -0.39 is 0 Å². The zero-order chi connectivity index (χ0) is 13.4. The van der Waals surface area contributed by atoms with E-state index in [-0.39, 0.29) is 0 Å². The van der Waals surface area contributed by atoms with Gasteiger partial charge in [0.2, 0.25) is 0 Å². The Hall–Kier alpha value is -1.33. The van der Waals surface area contributed by atoms with Crippen LogP contribution in [0.25, 0.3) is 0 Å². The Morgan fingerprint density at radius 1 is 1.28 bits per heavy atom. The van der Waals surface area contributed by atoms with E-state index in [1.54, 1.807) is 0 Å². The molecule has 98 valence electrons. The van der Waals surface area contributed by atoms with Crippen LogP contribution in [0.2, 0.25) is 0 Å². The van der Waals surface area contributed by atoms with Gasteiger partial charge in [-0.05, 0) is 43.5 Å². The number of unbranched alkanes of at least 4 members (excludes halogenated alkanes) is 1. The van der Waals surface area contributed by atoms with Crippen molar-refractivity contribution in [1.82, 2.24) is 4.90 Å². The molecule has 1 aromatic rings. The SMILES string of the molecule is CCC(C)c1ccc(CN(C)CCCC#N)cc1. The van der Waals surface area contributed by atoms with E-state index in [1.165, 1.54) is 17.5 Å². The van der Waals surface area contributed by atoms with Crippen molar-refractivity contribution in [2.45, 2.75) is 45.6 Å². The summed E-state index contributed by atoms with van der Waals surface area (Å²) in [5.74, 6) is 0.646. The molecule has 0 aliphatic carbocycles. The highest BCUT2D eigenvalue weighted by atomic mass is 15.1. The van der Waals surface area contributed by atoms with E-state index in [2.05, 4.69) is 56.1 Å². The highest BCUT2D eigenvalue weighted by Crippen LogP contribution is 2.19. The molecular formula is C16H24N2. The Morgan fingerprint density at radius 3 is 2.50 bits per heavy atom. The van der Waals surface area contributed by atoms with E-state index in [4.69, 9.17) is 5.26 Å². The van der Waals surface area contributed by atoms with Crippen LogP contribution in [0, 0.1) is 11.3 Å². The molecule has 1 unspecified atom stereocenters. The molecule has 18 heavy (non-hydrogen) atoms. The van der Waals surface area contributed by atoms with Crippen molar-refractivity contribution in [3.8, 4) is 6.07 Å². The maximum atomic E-state index is 8.51. The largest absolute Gasteiger partial charge is 0.302 e. The van der Waals surface area contributed by atoms with Gasteiger partial charge in [0, 0.05) is 13.0 Å². The highest BCUT2D eigenvalue weighted by Gasteiger charge is 2.04. The number of nitriles is 1. The van der Waals surface area contributed by atoms with E-state index >= 15 is 0 Å². The summed E-state index contributed by atoms with van der Waals surface area (Å²) in [4.78, 5) is 2.27. The third-order valence-corrected chi connectivity index (χ3v) is 3.44. The van der Waals surface area contributed by atoms with Gasteiger partial charge < -0.3 is 4.90 Å². The molecule has 0 heterocycles. The van der Waals surface area contributed by atoms with Crippen LogP contribution in [-0.2, 0) is 6.54 Å². The molecule has 0 aliphatic rings. The van der Waals surface area contributed by atoms with Crippen molar-refractivity contribution < 1.29 is 0 Å². The molecule has 0 saturated heterocycles. The summed E-state index contributed by atoms with van der Waals surface area (Å²) in [6, 6.07) is 11.1. The van der Waals surface area contributed by atoms with E-state index in [9.17, 15) is 0 Å². The molecule has 0 saturated carbocycles. The van der Waals surface area contributed by atoms with Crippen molar-refractivity contribution in [3.05, 3.63) is 35.4 Å². The van der Waals surface area contributed by atoms with Crippen LogP contribution >= 0.6 is 0 Å². The van der Waals surface area contributed by atoms with Gasteiger partial charge in [-0.25, -0.2) is 0 Å². The number of rotatable bonds is 7. The fraction of sp³-hybridized carbons (Fsp3) is 0.562. The first-order valence-corrected chi connectivity index (χ1v) is 6.81. The summed E-state index contributed by atoms with van der Waals surface area (Å²) in [6.45, 7) is 6.44. The summed E-state index contributed by atoms with van der Waals surface area (Å²) in [5.41, 5.74) is 2.77. The van der Waals surface area contributed by atoms with Gasteiger partial charge in [-0.2, -0.15) is 5.26 Å². The zero-order valence-corrected chi connectivity index (χ0v) is 11.8. The molecule has 0 amide bonds. The second kappa shape index (κ2) is 7.89. The lowest BCUT2D eigenvalue weighted by molar-refractivity contribution is 0.323. The molecule has 0 aromatic heterocycles. The Bertz CT molecular complexity index is 375. The van der Waals surface area contributed by atoms with Crippen LogP contribution in [0.5, 0.6) is 0 Å². The van der Waals surface area contributed by atoms with Gasteiger partial charge in [-0.3, -0.25) is 0 Å². The van der Waals surface area contributed by atoms with Gasteiger partial charge in [-0.15, -0.1) is 0 Å². The number of nitrogens with zero attached hydrogens (tertiary/aromatic N) is 2. The van der Waals surface area contributed by atoms with Crippen molar-refractivity contribution in [2.24, 2.45) is 0 Å². The van der Waals surface area contributed by atoms with Crippen LogP contribution in [0.15, 0.2) is 24.3 Å². The van der Waals surface area contributed by atoms with Crippen LogP contribution in [0.4, 0.5) is 0 Å². The summed E-state index contributed by atoms with van der Waals surface area (Å²) < 4.78 is 0. The van der Waals surface area contributed by atoms with E-state index in [1.807, 2.05) is 0 Å². The second-order valence-electron chi connectivity index (χ2n) is 5.05. The van der Waals surface area contributed by atoms with Crippen LogP contribution < -0.4 is 0 Å². The molecule has 1 aromatic carbocycles. The van der Waals surface area contributed by atoms with Crippen molar-refractivity contribution >= 4 is 0 Å². The topological polar surface area (TPSA) is 27.0 Å². The van der Waals surface area contributed by atoms with Gasteiger partial charge in [-0.1, -0.05) is 38.1 Å². The van der Waals surface area contributed by atoms with Crippen LogP contribution in [0.3, 0.4) is 0 Å². The molecule has 0 aliphatic heterocycles. The minimum Gasteiger partial charge on any atom is -0.302 e. The summed E-state index contributed by atoms with van der Waals surface area (Å²) in [7, 11) is 2.11. The third-order valence-electron chi connectivity index (χ3n) is 3.44. The van der Waals surface area contributed by atoms with Crippen LogP contribution in [-0.4, -0.2) is 18.5 Å². The van der Waals surface area contributed by atoms with Crippen molar-refractivity contribution in [2.75, 3.05) is 13.6 Å². The van der Waals surface area contributed by atoms with Gasteiger partial charge >= 0.3 is 0 Å². The van der Waals surface area contributed by atoms with E-state index in [0.29, 0.717) is 12.3 Å². The van der Waals surface area contributed by atoms with Gasteiger partial charge in [0.05, 0.1) is 6.07 Å². The predicted molar refractivity (Wildman–Crippen MR) is 76.3 cm³/mol. The average Bonchev–Trinajstić information content (AvgIpc) is 2.39. The van der Waals surface area contributed by atoms with Crippen molar-refractivity contribution in [1.29, 1.82) is 5.26 Å². The summed E-state index contributed by atoms with van der Waals surface area (Å²) in [5, 5.41) is 8.51. The molecule has 0 fully saturated rings. The van der Waals surface area contributed by atoms with Gasteiger partial charge in [0.15, 0.2) is 0 Å². The molecule has 1 atom stereocenters. The Labute approximate surface area is 111 Å². The Kier molecular flexibility index (Phi) is 6.46. The first-order valence-electron chi connectivity index (χ1n) is 6.81. The monoisotopic (exact) mass is 244 g/mol. The highest BCUT2D eigenvalue weighted by molar-refractivity contribution is 5.24. The molecule has 0 bridgehead atoms. The summed E-state index contributed by atoms with van der Waals surface area (Å²) >= 11 is 0. The summed E-state index contributed by atoms with van der Waals surface area (Å²) in [6.07, 6.45) is 2.79. The van der Waals surface area contributed by atoms with E-state index in [0.717, 1.165) is 19.5 Å². The lowest BCUT2D eigenvalue weighted by Gasteiger charge is -2.16. The number of hydrogen-bond acceptors (Lipinski definition) is 2. The molecule has 2 heteroatoms. The fourth-order valence-electron chi connectivity index (χ4n) is 2.01. The molecule has 2 nitrogen and oxygen atoms in total. The maximum Gasteiger partial charge on any atom is 0.0622 e. The standard InChI is InChI=1S/C16H24N2/c1-4-14(2)16-9-7-15(8-10-16)13-18(3)12-6-5-11-17/h7-10,14H,4-6,12-13H2,1-3H3. The Morgan fingerprint density at radius 2 is 1.94 bits per heavy atom. The first kappa shape index (κ1) is 14.7. The van der Waals surface area contributed by atoms with Crippen LogP contribution in [0.1, 0.15) is 50.2 Å². The molecule has 1 rings (SSSR count). The second-order valence-corrected chi connectivity index (χ2v) is 5.05. The minimum absolute atomic E-state index is 0.646. The molecule has 0 N–H and O–H groups in total. The number of benzene rings is 1. The number of hydrogen-bond donors (Lipinski definition) is 0. The maximum absolute atomic E-state index is 8.51. The quantitative estimate of drug-likeness (QED) is 0.679. The smallest absolute Gasteiger partial charge is 0.0622 e. The molecular weight excluding hydrogens is 220 g/mol. The third kappa shape index (κ3) is 4.89.